The van der Waals surface area contributed by atoms with Gasteiger partial charge in [0.2, 0.25) is 5.91 Å². The number of hydrogen-bond donors (Lipinski definition) is 1. The molecule has 4 rings (SSSR count). The van der Waals surface area contributed by atoms with E-state index < -0.39 is 5.54 Å². The number of nitrogens with zero attached hydrogens (tertiary/aromatic N) is 3. The Morgan fingerprint density at radius 3 is 2.74 bits per heavy atom. The van der Waals surface area contributed by atoms with Crippen LogP contribution in [0.2, 0.25) is 0 Å². The Kier molecular flexibility index (Phi) is 3.23. The molecule has 120 valence electrons. The molecule has 2 saturated carbocycles. The van der Waals surface area contributed by atoms with Gasteiger partial charge in [0.05, 0.1) is 16.8 Å². The molecule has 0 bridgehead atoms. The van der Waals surface area contributed by atoms with Crippen molar-refractivity contribution in [2.45, 2.75) is 37.6 Å². The first kappa shape index (κ1) is 14.4. The molecule has 2 aliphatic carbocycles. The molecule has 0 saturated heterocycles. The van der Waals surface area contributed by atoms with Gasteiger partial charge >= 0.3 is 0 Å². The van der Waals surface area contributed by atoms with Crippen molar-refractivity contribution in [1.29, 1.82) is 0 Å². The van der Waals surface area contributed by atoms with Gasteiger partial charge in [0, 0.05) is 13.0 Å². The zero-order valence-corrected chi connectivity index (χ0v) is 13.2. The number of para-hydroxylation sites is 1. The van der Waals surface area contributed by atoms with Crippen molar-refractivity contribution in [3.05, 3.63) is 30.1 Å². The van der Waals surface area contributed by atoms with Crippen LogP contribution in [0.4, 0.5) is 5.69 Å². The summed E-state index contributed by atoms with van der Waals surface area (Å²) in [5.41, 5.74) is 7.37. The summed E-state index contributed by atoms with van der Waals surface area (Å²) in [6.45, 7) is 0. The zero-order chi connectivity index (χ0) is 16.0. The summed E-state index contributed by atoms with van der Waals surface area (Å²) in [5.74, 6) is 1.28. The average molecular weight is 312 g/mol. The summed E-state index contributed by atoms with van der Waals surface area (Å²) in [6.07, 6.45) is 4.81. The molecule has 2 fully saturated rings. The lowest BCUT2D eigenvalue weighted by Crippen LogP contribution is -2.44. The molecule has 6 heteroatoms. The number of carbonyl (C=O) groups is 1. The number of anilines is 1. The fourth-order valence-corrected chi connectivity index (χ4v) is 2.99. The van der Waals surface area contributed by atoms with Crippen LogP contribution in [0.1, 0.15) is 37.9 Å². The Morgan fingerprint density at radius 1 is 1.35 bits per heavy atom. The minimum absolute atomic E-state index is 0.145. The lowest BCUT2D eigenvalue weighted by atomic mass is 9.77. The van der Waals surface area contributed by atoms with Gasteiger partial charge in [-0.25, -0.2) is 0 Å². The first-order valence-electron chi connectivity index (χ1n) is 8.08. The fraction of sp³-hybridized carbons (Fsp3) is 0.471. The number of benzene rings is 1. The number of carbonyl (C=O) groups excluding carboxylic acids is 1. The minimum atomic E-state index is -0.452. The fourth-order valence-electron chi connectivity index (χ4n) is 2.99. The third-order valence-corrected chi connectivity index (χ3v) is 4.87. The highest BCUT2D eigenvalue weighted by molar-refractivity contribution is 5.98. The highest BCUT2D eigenvalue weighted by atomic mass is 16.5. The van der Waals surface area contributed by atoms with Crippen LogP contribution in [0.5, 0.6) is 0 Å². The molecular formula is C17H20N4O2. The highest BCUT2D eigenvalue weighted by Crippen LogP contribution is 2.39. The smallest absolute Gasteiger partial charge is 0.260 e. The Labute approximate surface area is 134 Å². The molecule has 1 amide bonds. The standard InChI is InChI=1S/C17H20N4O2/c1-21(15(22)11-7-8-11)13-6-3-2-5-12(13)14-19-16(20-23-14)17(18)9-4-10-17/h2-3,5-6,11H,4,7-10,18H2,1H3. The number of aromatic nitrogens is 2. The van der Waals surface area contributed by atoms with Crippen molar-refractivity contribution < 1.29 is 9.32 Å². The third-order valence-electron chi connectivity index (χ3n) is 4.87. The number of amides is 1. The summed E-state index contributed by atoms with van der Waals surface area (Å²) >= 11 is 0. The zero-order valence-electron chi connectivity index (χ0n) is 13.2. The van der Waals surface area contributed by atoms with E-state index in [0.29, 0.717) is 11.7 Å². The summed E-state index contributed by atoms with van der Waals surface area (Å²) in [6, 6.07) is 7.61. The van der Waals surface area contributed by atoms with Crippen molar-refractivity contribution in [3.8, 4) is 11.5 Å². The highest BCUT2D eigenvalue weighted by Gasteiger charge is 2.39. The first-order valence-corrected chi connectivity index (χ1v) is 8.08. The molecular weight excluding hydrogens is 292 g/mol. The van der Waals surface area contributed by atoms with E-state index in [1.807, 2.05) is 24.3 Å². The molecule has 0 radical (unpaired) electrons. The van der Waals surface area contributed by atoms with Gasteiger partial charge < -0.3 is 15.2 Å². The number of rotatable bonds is 4. The van der Waals surface area contributed by atoms with Crippen LogP contribution in [0.15, 0.2) is 28.8 Å². The van der Waals surface area contributed by atoms with E-state index >= 15 is 0 Å². The topological polar surface area (TPSA) is 85.2 Å². The largest absolute Gasteiger partial charge is 0.334 e. The number of nitrogens with two attached hydrogens (primary N) is 1. The molecule has 0 aliphatic heterocycles. The minimum Gasteiger partial charge on any atom is -0.334 e. The molecule has 0 atom stereocenters. The molecule has 1 heterocycles. The van der Waals surface area contributed by atoms with Crippen LogP contribution >= 0.6 is 0 Å². The van der Waals surface area contributed by atoms with E-state index in [-0.39, 0.29) is 11.8 Å². The van der Waals surface area contributed by atoms with Crippen molar-refractivity contribution in [3.63, 3.8) is 0 Å². The van der Waals surface area contributed by atoms with Gasteiger partial charge in [-0.3, -0.25) is 4.79 Å². The third kappa shape index (κ3) is 2.43. The molecule has 0 spiro atoms. The van der Waals surface area contributed by atoms with Gasteiger partial charge in [-0.2, -0.15) is 4.98 Å². The first-order chi connectivity index (χ1) is 11.1. The molecule has 2 aromatic rings. The monoisotopic (exact) mass is 312 g/mol. The SMILES string of the molecule is CN(C(=O)C1CC1)c1ccccc1-c1nc(C2(N)CCC2)no1. The van der Waals surface area contributed by atoms with Gasteiger partial charge in [0.25, 0.3) is 5.89 Å². The maximum absolute atomic E-state index is 12.3. The van der Waals surface area contributed by atoms with E-state index in [1.54, 1.807) is 11.9 Å². The van der Waals surface area contributed by atoms with E-state index in [4.69, 9.17) is 10.3 Å². The van der Waals surface area contributed by atoms with E-state index in [1.165, 1.54) is 0 Å². The maximum atomic E-state index is 12.3. The van der Waals surface area contributed by atoms with Crippen molar-refractivity contribution in [1.82, 2.24) is 10.1 Å². The Hall–Kier alpha value is -2.21. The number of hydrogen-bond acceptors (Lipinski definition) is 5. The molecule has 1 aromatic carbocycles. The molecule has 2 aliphatic rings. The van der Waals surface area contributed by atoms with Crippen LogP contribution in [-0.4, -0.2) is 23.1 Å². The van der Waals surface area contributed by atoms with Gasteiger partial charge in [-0.05, 0) is 44.2 Å². The van der Waals surface area contributed by atoms with E-state index in [2.05, 4.69) is 10.1 Å². The van der Waals surface area contributed by atoms with Crippen LogP contribution in [-0.2, 0) is 10.3 Å². The summed E-state index contributed by atoms with van der Waals surface area (Å²) in [4.78, 5) is 18.5. The second kappa shape index (κ2) is 5.16. The maximum Gasteiger partial charge on any atom is 0.260 e. The average Bonchev–Trinajstić information content (AvgIpc) is 3.28. The molecule has 2 N–H and O–H groups in total. The van der Waals surface area contributed by atoms with Gasteiger partial charge in [0.1, 0.15) is 0 Å². The normalized spacial score (nSPS) is 19.2. The predicted molar refractivity (Wildman–Crippen MR) is 85.6 cm³/mol. The van der Waals surface area contributed by atoms with E-state index in [9.17, 15) is 4.79 Å². The summed E-state index contributed by atoms with van der Waals surface area (Å²) in [5, 5.41) is 4.06. The van der Waals surface area contributed by atoms with Gasteiger partial charge in [0.15, 0.2) is 5.82 Å². The van der Waals surface area contributed by atoms with Crippen molar-refractivity contribution in [2.75, 3.05) is 11.9 Å². The Morgan fingerprint density at radius 2 is 2.09 bits per heavy atom. The second-order valence-electron chi connectivity index (χ2n) is 6.62. The van der Waals surface area contributed by atoms with Gasteiger partial charge in [-0.15, -0.1) is 0 Å². The quantitative estimate of drug-likeness (QED) is 0.937. The Balaban J connectivity index is 1.67. The molecule has 0 unspecified atom stereocenters. The second-order valence-corrected chi connectivity index (χ2v) is 6.62. The van der Waals surface area contributed by atoms with E-state index in [0.717, 1.165) is 43.4 Å². The van der Waals surface area contributed by atoms with Crippen LogP contribution in [0.25, 0.3) is 11.5 Å². The van der Waals surface area contributed by atoms with Crippen molar-refractivity contribution in [2.24, 2.45) is 11.7 Å². The lowest BCUT2D eigenvalue weighted by Gasteiger charge is -2.34. The Bertz CT molecular complexity index is 747. The van der Waals surface area contributed by atoms with Crippen LogP contribution in [0, 0.1) is 5.92 Å². The van der Waals surface area contributed by atoms with Crippen LogP contribution in [0.3, 0.4) is 0 Å². The summed E-state index contributed by atoms with van der Waals surface area (Å²) < 4.78 is 5.44. The lowest BCUT2D eigenvalue weighted by molar-refractivity contribution is -0.119. The van der Waals surface area contributed by atoms with Crippen LogP contribution < -0.4 is 10.6 Å². The molecule has 1 aromatic heterocycles. The predicted octanol–water partition coefficient (Wildman–Crippen LogP) is 2.45. The van der Waals surface area contributed by atoms with Gasteiger partial charge in [-0.1, -0.05) is 17.3 Å². The molecule has 6 nitrogen and oxygen atoms in total. The summed E-state index contributed by atoms with van der Waals surface area (Å²) in [7, 11) is 1.80. The molecule has 23 heavy (non-hydrogen) atoms. The van der Waals surface area contributed by atoms with Crippen molar-refractivity contribution >= 4 is 11.6 Å².